The monoisotopic (exact) mass is 285 g/mol. The van der Waals surface area contributed by atoms with Gasteiger partial charge in [-0.15, -0.1) is 0 Å². The molecule has 1 aliphatic rings. The third kappa shape index (κ3) is 3.89. The molecule has 1 aromatic carbocycles. The summed E-state index contributed by atoms with van der Waals surface area (Å²) in [7, 11) is 0. The Bertz CT molecular complexity index is 371. The topological polar surface area (TPSA) is 23.5 Å². The van der Waals surface area contributed by atoms with Gasteiger partial charge < -0.3 is 5.11 Å². The second-order valence-electron chi connectivity index (χ2n) is 4.82. The molecule has 100 valence electrons. The normalized spacial score (nSPS) is 22.9. The summed E-state index contributed by atoms with van der Waals surface area (Å²) in [4.78, 5) is 2.47. The van der Waals surface area contributed by atoms with Gasteiger partial charge in [-0.2, -0.15) is 11.8 Å². The molecule has 1 fully saturated rings. The molecule has 2 nitrogen and oxygen atoms in total. The summed E-state index contributed by atoms with van der Waals surface area (Å²) in [5.74, 6) is 2.42. The molecule has 1 heterocycles. The molecule has 0 amide bonds. The van der Waals surface area contributed by atoms with Gasteiger partial charge in [-0.05, 0) is 31.0 Å². The average Bonchev–Trinajstić information content (AvgIpc) is 2.38. The van der Waals surface area contributed by atoms with Crippen molar-refractivity contribution in [3.8, 4) is 0 Å². The SMILES string of the molecule is CC1CSCCN1CCC(O)c1ccc(Cl)cc1. The Morgan fingerprint density at radius 3 is 2.83 bits per heavy atom. The Morgan fingerprint density at radius 1 is 1.44 bits per heavy atom. The van der Waals surface area contributed by atoms with Crippen LogP contribution >= 0.6 is 23.4 Å². The highest BCUT2D eigenvalue weighted by Gasteiger charge is 2.19. The fourth-order valence-electron chi connectivity index (χ4n) is 2.23. The number of aliphatic hydroxyl groups excluding tert-OH is 1. The highest BCUT2D eigenvalue weighted by atomic mass is 35.5. The molecule has 0 saturated carbocycles. The lowest BCUT2D eigenvalue weighted by atomic mass is 10.1. The van der Waals surface area contributed by atoms with Crippen LogP contribution in [-0.2, 0) is 0 Å². The van der Waals surface area contributed by atoms with Gasteiger partial charge >= 0.3 is 0 Å². The molecule has 2 rings (SSSR count). The first-order chi connectivity index (χ1) is 8.66. The van der Waals surface area contributed by atoms with Crippen molar-refractivity contribution in [2.75, 3.05) is 24.6 Å². The minimum absolute atomic E-state index is 0.385. The lowest BCUT2D eigenvalue weighted by Crippen LogP contribution is -2.41. The van der Waals surface area contributed by atoms with E-state index < -0.39 is 0 Å². The fraction of sp³-hybridized carbons (Fsp3) is 0.571. The van der Waals surface area contributed by atoms with E-state index >= 15 is 0 Å². The van der Waals surface area contributed by atoms with Crippen LogP contribution in [0.15, 0.2) is 24.3 Å². The maximum absolute atomic E-state index is 10.2. The summed E-state index contributed by atoms with van der Waals surface area (Å²) in [5, 5.41) is 10.9. The van der Waals surface area contributed by atoms with Crippen molar-refractivity contribution in [1.82, 2.24) is 4.90 Å². The largest absolute Gasteiger partial charge is 0.388 e. The number of halogens is 1. The van der Waals surface area contributed by atoms with Crippen LogP contribution in [0.1, 0.15) is 25.0 Å². The van der Waals surface area contributed by atoms with Gasteiger partial charge in [0, 0.05) is 35.7 Å². The van der Waals surface area contributed by atoms with Crippen LogP contribution in [0.25, 0.3) is 0 Å². The number of thioether (sulfide) groups is 1. The summed E-state index contributed by atoms with van der Waals surface area (Å²) in [6.07, 6.45) is 0.403. The molecule has 1 saturated heterocycles. The van der Waals surface area contributed by atoms with Crippen molar-refractivity contribution in [2.45, 2.75) is 25.5 Å². The van der Waals surface area contributed by atoms with Crippen LogP contribution in [0.3, 0.4) is 0 Å². The van der Waals surface area contributed by atoms with Crippen LogP contribution in [0.4, 0.5) is 0 Å². The zero-order chi connectivity index (χ0) is 13.0. The van der Waals surface area contributed by atoms with E-state index in [1.807, 2.05) is 36.0 Å². The molecular weight excluding hydrogens is 266 g/mol. The Labute approximate surface area is 118 Å². The van der Waals surface area contributed by atoms with E-state index in [2.05, 4.69) is 11.8 Å². The van der Waals surface area contributed by atoms with Gasteiger partial charge in [0.2, 0.25) is 0 Å². The predicted octanol–water partition coefficient (Wildman–Crippen LogP) is 3.20. The van der Waals surface area contributed by atoms with E-state index in [1.165, 1.54) is 11.5 Å². The van der Waals surface area contributed by atoms with Gasteiger partial charge in [0.25, 0.3) is 0 Å². The number of aliphatic hydroxyl groups is 1. The Kier molecular flexibility index (Phi) is 5.37. The Balaban J connectivity index is 1.83. The molecule has 0 aromatic heterocycles. The predicted molar refractivity (Wildman–Crippen MR) is 79.4 cm³/mol. The number of benzene rings is 1. The zero-order valence-electron chi connectivity index (χ0n) is 10.7. The molecule has 0 radical (unpaired) electrons. The quantitative estimate of drug-likeness (QED) is 0.919. The maximum atomic E-state index is 10.2. The van der Waals surface area contributed by atoms with Crippen molar-refractivity contribution in [3.05, 3.63) is 34.9 Å². The van der Waals surface area contributed by atoms with Crippen LogP contribution in [-0.4, -0.2) is 40.6 Å². The summed E-state index contributed by atoms with van der Waals surface area (Å²) < 4.78 is 0. The Hall–Kier alpha value is -0.220. The standard InChI is InChI=1S/C14H20ClNOS/c1-11-10-18-9-8-16(11)7-6-14(17)12-2-4-13(15)5-3-12/h2-5,11,14,17H,6-10H2,1H3. The fourth-order valence-corrected chi connectivity index (χ4v) is 3.44. The second kappa shape index (κ2) is 6.80. The Morgan fingerprint density at radius 2 is 2.17 bits per heavy atom. The number of hydrogen-bond donors (Lipinski definition) is 1. The van der Waals surface area contributed by atoms with Gasteiger partial charge in [-0.1, -0.05) is 23.7 Å². The van der Waals surface area contributed by atoms with E-state index in [-0.39, 0.29) is 6.10 Å². The van der Waals surface area contributed by atoms with Crippen molar-refractivity contribution >= 4 is 23.4 Å². The number of nitrogens with zero attached hydrogens (tertiary/aromatic N) is 1. The highest BCUT2D eigenvalue weighted by Crippen LogP contribution is 2.22. The first kappa shape index (κ1) is 14.2. The van der Waals surface area contributed by atoms with Crippen LogP contribution in [0.5, 0.6) is 0 Å². The average molecular weight is 286 g/mol. The molecule has 0 aliphatic carbocycles. The van der Waals surface area contributed by atoms with E-state index in [9.17, 15) is 5.11 Å². The molecular formula is C14H20ClNOS. The lowest BCUT2D eigenvalue weighted by Gasteiger charge is -2.33. The summed E-state index contributed by atoms with van der Waals surface area (Å²) in [6.45, 7) is 4.37. The van der Waals surface area contributed by atoms with E-state index in [0.29, 0.717) is 11.1 Å². The molecule has 1 aromatic rings. The van der Waals surface area contributed by atoms with Crippen LogP contribution < -0.4 is 0 Å². The molecule has 0 spiro atoms. The minimum Gasteiger partial charge on any atom is -0.388 e. The molecule has 0 bridgehead atoms. The van der Waals surface area contributed by atoms with E-state index in [0.717, 1.165) is 25.1 Å². The first-order valence-corrected chi connectivity index (χ1v) is 7.95. The van der Waals surface area contributed by atoms with Gasteiger partial charge in [0.05, 0.1) is 6.10 Å². The van der Waals surface area contributed by atoms with Gasteiger partial charge in [-0.25, -0.2) is 0 Å². The van der Waals surface area contributed by atoms with E-state index in [1.54, 1.807) is 0 Å². The molecule has 2 atom stereocenters. The van der Waals surface area contributed by atoms with Crippen LogP contribution in [0.2, 0.25) is 5.02 Å². The molecule has 1 N–H and O–H groups in total. The highest BCUT2D eigenvalue weighted by molar-refractivity contribution is 7.99. The van der Waals surface area contributed by atoms with Crippen molar-refractivity contribution in [2.24, 2.45) is 0 Å². The first-order valence-electron chi connectivity index (χ1n) is 6.42. The summed E-state index contributed by atoms with van der Waals surface area (Å²) in [6, 6.07) is 8.10. The third-order valence-corrected chi connectivity index (χ3v) is 4.89. The smallest absolute Gasteiger partial charge is 0.0802 e. The zero-order valence-corrected chi connectivity index (χ0v) is 12.3. The molecule has 18 heavy (non-hydrogen) atoms. The van der Waals surface area contributed by atoms with Crippen molar-refractivity contribution < 1.29 is 5.11 Å². The van der Waals surface area contributed by atoms with Crippen LogP contribution in [0, 0.1) is 0 Å². The number of rotatable bonds is 4. The lowest BCUT2D eigenvalue weighted by molar-refractivity contribution is 0.133. The number of hydrogen-bond acceptors (Lipinski definition) is 3. The second-order valence-corrected chi connectivity index (χ2v) is 6.40. The van der Waals surface area contributed by atoms with Gasteiger partial charge in [0.15, 0.2) is 0 Å². The molecule has 2 unspecified atom stereocenters. The summed E-state index contributed by atoms with van der Waals surface area (Å²) >= 11 is 7.86. The summed E-state index contributed by atoms with van der Waals surface area (Å²) in [5.41, 5.74) is 0.957. The van der Waals surface area contributed by atoms with E-state index in [4.69, 9.17) is 11.6 Å². The van der Waals surface area contributed by atoms with Gasteiger partial charge in [-0.3, -0.25) is 4.90 Å². The molecule has 4 heteroatoms. The van der Waals surface area contributed by atoms with Crippen molar-refractivity contribution in [3.63, 3.8) is 0 Å². The maximum Gasteiger partial charge on any atom is 0.0802 e. The third-order valence-electron chi connectivity index (χ3n) is 3.45. The minimum atomic E-state index is -0.385. The van der Waals surface area contributed by atoms with Gasteiger partial charge in [0.1, 0.15) is 0 Å². The van der Waals surface area contributed by atoms with Crippen molar-refractivity contribution in [1.29, 1.82) is 0 Å². The molecule has 1 aliphatic heterocycles.